The first-order valence-corrected chi connectivity index (χ1v) is 9.95. The van der Waals surface area contributed by atoms with E-state index in [0.717, 1.165) is 23.8 Å². The van der Waals surface area contributed by atoms with Crippen LogP contribution in [-0.4, -0.2) is 60.0 Å². The van der Waals surface area contributed by atoms with E-state index in [0.29, 0.717) is 30.2 Å². The van der Waals surface area contributed by atoms with Crippen LogP contribution in [0.3, 0.4) is 0 Å². The lowest BCUT2D eigenvalue weighted by Crippen LogP contribution is -2.49. The van der Waals surface area contributed by atoms with Gasteiger partial charge in [0.1, 0.15) is 11.9 Å². The zero-order valence-electron chi connectivity index (χ0n) is 16.4. The van der Waals surface area contributed by atoms with Crippen LogP contribution in [0.15, 0.2) is 35.5 Å². The molecule has 0 spiro atoms. The molecule has 1 saturated heterocycles. The molecule has 1 aromatic heterocycles. The molecule has 1 amide bonds. The average molecular weight is 427 g/mol. The summed E-state index contributed by atoms with van der Waals surface area (Å²) < 4.78 is 12.6. The molecule has 7 nitrogen and oxygen atoms in total. The van der Waals surface area contributed by atoms with Crippen molar-refractivity contribution in [3.05, 3.63) is 36.4 Å². The summed E-state index contributed by atoms with van der Waals surface area (Å²) in [7, 11) is 5.21. The first-order chi connectivity index (χ1) is 13.1. The normalized spacial score (nSPS) is 16.4. The van der Waals surface area contributed by atoms with Gasteiger partial charge in [-0.25, -0.2) is 4.98 Å². The standard InChI is InChI=1S/C19H26N4O3S.ClH/c1-22-9-8-21-19(22)15-13-20-7-10-23(15)18(24)6-11-27-14-4-5-16(25-2)17(12-14)26-3;/h4-5,8-9,12,15,20H,6-7,10-11,13H2,1-3H3;1H. The number of carbonyl (C=O) groups excluding carboxylic acids is 1. The molecule has 1 fully saturated rings. The number of thioether (sulfide) groups is 1. The molecular weight excluding hydrogens is 400 g/mol. The van der Waals surface area contributed by atoms with Crippen LogP contribution in [0.2, 0.25) is 0 Å². The van der Waals surface area contributed by atoms with E-state index in [4.69, 9.17) is 9.47 Å². The lowest BCUT2D eigenvalue weighted by Gasteiger charge is -2.35. The number of nitrogens with zero attached hydrogens (tertiary/aromatic N) is 3. The first kappa shape index (κ1) is 22.4. The van der Waals surface area contributed by atoms with Crippen LogP contribution < -0.4 is 14.8 Å². The Bertz CT molecular complexity index is 786. The van der Waals surface area contributed by atoms with E-state index in [1.165, 1.54) is 0 Å². The predicted molar refractivity (Wildman–Crippen MR) is 113 cm³/mol. The van der Waals surface area contributed by atoms with Gasteiger partial charge >= 0.3 is 0 Å². The fraction of sp³-hybridized carbons (Fsp3) is 0.474. The third kappa shape index (κ3) is 5.12. The van der Waals surface area contributed by atoms with E-state index in [1.807, 2.05) is 40.9 Å². The Balaban J connectivity index is 0.00000280. The number of ether oxygens (including phenoxy) is 2. The number of nitrogens with one attached hydrogen (secondary N) is 1. The van der Waals surface area contributed by atoms with Crippen LogP contribution in [-0.2, 0) is 11.8 Å². The Kier molecular flexibility index (Phi) is 8.47. The highest BCUT2D eigenvalue weighted by Crippen LogP contribution is 2.32. The Morgan fingerprint density at radius 2 is 2.11 bits per heavy atom. The van der Waals surface area contributed by atoms with E-state index in [2.05, 4.69) is 10.3 Å². The lowest BCUT2D eigenvalue weighted by atomic mass is 10.1. The highest BCUT2D eigenvalue weighted by molar-refractivity contribution is 7.99. The van der Waals surface area contributed by atoms with Gasteiger partial charge in [0.15, 0.2) is 11.5 Å². The summed E-state index contributed by atoms with van der Waals surface area (Å²) in [6.07, 6.45) is 4.18. The maximum absolute atomic E-state index is 12.8. The molecule has 1 aromatic carbocycles. The van der Waals surface area contributed by atoms with Crippen molar-refractivity contribution in [2.75, 3.05) is 39.6 Å². The molecule has 1 aliphatic heterocycles. The number of benzene rings is 1. The Morgan fingerprint density at radius 3 is 2.79 bits per heavy atom. The van der Waals surface area contributed by atoms with Gasteiger partial charge < -0.3 is 24.3 Å². The van der Waals surface area contributed by atoms with E-state index < -0.39 is 0 Å². The minimum absolute atomic E-state index is 0. The van der Waals surface area contributed by atoms with Crippen molar-refractivity contribution in [3.63, 3.8) is 0 Å². The van der Waals surface area contributed by atoms with Gasteiger partial charge in [-0.15, -0.1) is 24.2 Å². The summed E-state index contributed by atoms with van der Waals surface area (Å²) in [6, 6.07) is 5.79. The van der Waals surface area contributed by atoms with Crippen molar-refractivity contribution in [2.24, 2.45) is 7.05 Å². The number of rotatable bonds is 7. The average Bonchev–Trinajstić information content (AvgIpc) is 3.13. The number of hydrogen-bond acceptors (Lipinski definition) is 6. The number of hydrogen-bond donors (Lipinski definition) is 1. The summed E-state index contributed by atoms with van der Waals surface area (Å²) >= 11 is 1.64. The number of piperazine rings is 1. The third-order valence-electron chi connectivity index (χ3n) is 4.66. The number of aromatic nitrogens is 2. The summed E-state index contributed by atoms with van der Waals surface area (Å²) in [5, 5.41) is 3.36. The smallest absolute Gasteiger partial charge is 0.224 e. The number of methoxy groups -OCH3 is 2. The fourth-order valence-electron chi connectivity index (χ4n) is 3.24. The molecule has 2 aromatic rings. The Labute approximate surface area is 176 Å². The summed E-state index contributed by atoms with van der Waals surface area (Å²) in [4.78, 5) is 20.3. The Hall–Kier alpha value is -1.90. The largest absolute Gasteiger partial charge is 0.493 e. The number of aryl methyl sites for hydroxylation is 1. The molecule has 0 radical (unpaired) electrons. The highest BCUT2D eigenvalue weighted by Gasteiger charge is 2.29. The maximum Gasteiger partial charge on any atom is 0.224 e. The van der Waals surface area contributed by atoms with Gasteiger partial charge in [-0.3, -0.25) is 4.79 Å². The minimum Gasteiger partial charge on any atom is -0.493 e. The van der Waals surface area contributed by atoms with E-state index in [-0.39, 0.29) is 24.4 Å². The third-order valence-corrected chi connectivity index (χ3v) is 5.66. The van der Waals surface area contributed by atoms with Crippen LogP contribution in [0.4, 0.5) is 0 Å². The van der Waals surface area contributed by atoms with Gasteiger partial charge in [0.05, 0.1) is 14.2 Å². The quantitative estimate of drug-likeness (QED) is 0.686. The van der Waals surface area contributed by atoms with Crippen molar-refractivity contribution in [3.8, 4) is 11.5 Å². The second-order valence-electron chi connectivity index (χ2n) is 6.32. The molecule has 3 rings (SSSR count). The highest BCUT2D eigenvalue weighted by atomic mass is 35.5. The first-order valence-electron chi connectivity index (χ1n) is 8.96. The molecular formula is C19H27ClN4O3S. The van der Waals surface area contributed by atoms with Gasteiger partial charge in [-0.05, 0) is 18.2 Å². The monoisotopic (exact) mass is 426 g/mol. The van der Waals surface area contributed by atoms with E-state index in [9.17, 15) is 4.79 Å². The van der Waals surface area contributed by atoms with Crippen molar-refractivity contribution in [1.82, 2.24) is 19.8 Å². The zero-order valence-corrected chi connectivity index (χ0v) is 18.0. The van der Waals surface area contributed by atoms with Crippen LogP contribution in [0.25, 0.3) is 0 Å². The second-order valence-corrected chi connectivity index (χ2v) is 7.49. The van der Waals surface area contributed by atoms with Crippen molar-refractivity contribution in [1.29, 1.82) is 0 Å². The molecule has 2 heterocycles. The zero-order chi connectivity index (χ0) is 19.2. The SMILES string of the molecule is COc1ccc(SCCC(=O)N2CCNCC2c2nccn2C)cc1OC.Cl. The van der Waals surface area contributed by atoms with Crippen LogP contribution in [0.1, 0.15) is 18.3 Å². The van der Waals surface area contributed by atoms with Crippen molar-refractivity contribution in [2.45, 2.75) is 17.4 Å². The molecule has 154 valence electrons. The van der Waals surface area contributed by atoms with Gasteiger partial charge in [0.25, 0.3) is 0 Å². The summed E-state index contributed by atoms with van der Waals surface area (Å²) in [6.45, 7) is 2.26. The molecule has 28 heavy (non-hydrogen) atoms. The minimum atomic E-state index is -0.0164. The lowest BCUT2D eigenvalue weighted by molar-refractivity contribution is -0.134. The molecule has 1 N–H and O–H groups in total. The number of amides is 1. The van der Waals surface area contributed by atoms with Gasteiger partial charge in [0, 0.05) is 56.1 Å². The van der Waals surface area contributed by atoms with Crippen LogP contribution in [0, 0.1) is 0 Å². The summed E-state index contributed by atoms with van der Waals surface area (Å²) in [5.74, 6) is 3.20. The summed E-state index contributed by atoms with van der Waals surface area (Å²) in [5.41, 5.74) is 0. The molecule has 0 aliphatic carbocycles. The van der Waals surface area contributed by atoms with Crippen LogP contribution >= 0.6 is 24.2 Å². The fourth-order valence-corrected chi connectivity index (χ4v) is 4.10. The van der Waals surface area contributed by atoms with E-state index >= 15 is 0 Å². The maximum atomic E-state index is 12.8. The number of halogens is 1. The van der Waals surface area contributed by atoms with Crippen molar-refractivity contribution >= 4 is 30.1 Å². The predicted octanol–water partition coefficient (Wildman–Crippen LogP) is 2.51. The Morgan fingerprint density at radius 1 is 1.32 bits per heavy atom. The van der Waals surface area contributed by atoms with E-state index in [1.54, 1.807) is 32.2 Å². The van der Waals surface area contributed by atoms with Crippen molar-refractivity contribution < 1.29 is 14.3 Å². The molecule has 9 heteroatoms. The molecule has 1 aliphatic rings. The number of imidazole rings is 1. The molecule has 0 bridgehead atoms. The van der Waals surface area contributed by atoms with Crippen LogP contribution in [0.5, 0.6) is 11.5 Å². The van der Waals surface area contributed by atoms with Gasteiger partial charge in [0.2, 0.25) is 5.91 Å². The van der Waals surface area contributed by atoms with Gasteiger partial charge in [-0.2, -0.15) is 0 Å². The second kappa shape index (κ2) is 10.6. The molecule has 1 atom stereocenters. The molecule has 0 saturated carbocycles. The van der Waals surface area contributed by atoms with Gasteiger partial charge in [-0.1, -0.05) is 0 Å². The topological polar surface area (TPSA) is 68.6 Å². The number of carbonyl (C=O) groups is 1. The molecule has 1 unspecified atom stereocenters.